The number of hydrogen-bond donors (Lipinski definition) is 1. The molecule has 120 valence electrons. The lowest BCUT2D eigenvalue weighted by molar-refractivity contribution is 0.102. The van der Waals surface area contributed by atoms with E-state index < -0.39 is 17.5 Å². The number of halogens is 2. The van der Waals surface area contributed by atoms with Gasteiger partial charge in [0, 0.05) is 18.7 Å². The van der Waals surface area contributed by atoms with E-state index in [0.717, 1.165) is 37.7 Å². The highest BCUT2D eigenvalue weighted by atomic mass is 19.1. The van der Waals surface area contributed by atoms with Crippen LogP contribution in [0.15, 0.2) is 42.5 Å². The van der Waals surface area contributed by atoms with Crippen LogP contribution in [-0.4, -0.2) is 19.0 Å². The summed E-state index contributed by atoms with van der Waals surface area (Å²) < 4.78 is 26.9. The Bertz CT molecular complexity index is 712. The standard InChI is InChI=1S/C18H18F2N2O/c19-14-6-4-5-13(11-14)18(23)21-16-12-15(20)7-8-17(16)22-9-2-1-3-10-22/h4-8,11-12H,1-3,9-10H2,(H,21,23). The van der Waals surface area contributed by atoms with Crippen molar-refractivity contribution in [3.63, 3.8) is 0 Å². The lowest BCUT2D eigenvalue weighted by atomic mass is 10.1. The van der Waals surface area contributed by atoms with E-state index in [2.05, 4.69) is 10.2 Å². The van der Waals surface area contributed by atoms with Crippen LogP contribution in [0.4, 0.5) is 20.2 Å². The fraction of sp³-hybridized carbons (Fsp3) is 0.278. The van der Waals surface area contributed by atoms with Crippen molar-refractivity contribution in [1.82, 2.24) is 0 Å². The second-order valence-electron chi connectivity index (χ2n) is 5.67. The third-order valence-electron chi connectivity index (χ3n) is 3.99. The van der Waals surface area contributed by atoms with Crippen LogP contribution in [0.3, 0.4) is 0 Å². The van der Waals surface area contributed by atoms with E-state index in [-0.39, 0.29) is 5.56 Å². The number of hydrogen-bond acceptors (Lipinski definition) is 2. The molecule has 1 N–H and O–H groups in total. The Kier molecular flexibility index (Phi) is 4.55. The second-order valence-corrected chi connectivity index (χ2v) is 5.67. The molecule has 1 fully saturated rings. The number of piperidine rings is 1. The van der Waals surface area contributed by atoms with E-state index in [1.54, 1.807) is 6.07 Å². The van der Waals surface area contributed by atoms with Gasteiger partial charge in [0.05, 0.1) is 11.4 Å². The Morgan fingerprint density at radius 3 is 2.43 bits per heavy atom. The Labute approximate surface area is 133 Å². The Morgan fingerprint density at radius 1 is 0.957 bits per heavy atom. The van der Waals surface area contributed by atoms with E-state index >= 15 is 0 Å². The minimum Gasteiger partial charge on any atom is -0.370 e. The average Bonchev–Trinajstić information content (AvgIpc) is 2.56. The average molecular weight is 316 g/mol. The first-order chi connectivity index (χ1) is 11.1. The van der Waals surface area contributed by atoms with Gasteiger partial charge in [-0.05, 0) is 55.7 Å². The van der Waals surface area contributed by atoms with Gasteiger partial charge >= 0.3 is 0 Å². The summed E-state index contributed by atoms with van der Waals surface area (Å²) in [6, 6.07) is 9.82. The molecule has 23 heavy (non-hydrogen) atoms. The highest BCUT2D eigenvalue weighted by molar-refractivity contribution is 6.05. The van der Waals surface area contributed by atoms with Gasteiger partial charge in [-0.3, -0.25) is 4.79 Å². The first-order valence-corrected chi connectivity index (χ1v) is 7.75. The molecule has 3 nitrogen and oxygen atoms in total. The third-order valence-corrected chi connectivity index (χ3v) is 3.99. The second kappa shape index (κ2) is 6.77. The number of anilines is 2. The molecule has 1 amide bonds. The maximum absolute atomic E-state index is 13.6. The van der Waals surface area contributed by atoms with Crippen molar-refractivity contribution in [2.45, 2.75) is 19.3 Å². The van der Waals surface area contributed by atoms with Crippen LogP contribution in [0.25, 0.3) is 0 Å². The number of benzene rings is 2. The summed E-state index contributed by atoms with van der Waals surface area (Å²) in [5, 5.41) is 2.70. The zero-order valence-corrected chi connectivity index (χ0v) is 12.7. The lowest BCUT2D eigenvalue weighted by Crippen LogP contribution is -2.30. The molecule has 2 aromatic rings. The quantitative estimate of drug-likeness (QED) is 0.920. The van der Waals surface area contributed by atoms with Crippen LogP contribution in [0, 0.1) is 11.6 Å². The zero-order chi connectivity index (χ0) is 16.2. The molecule has 1 aliphatic heterocycles. The van der Waals surface area contributed by atoms with E-state index in [4.69, 9.17) is 0 Å². The number of carbonyl (C=O) groups excluding carboxylic acids is 1. The van der Waals surface area contributed by atoms with Crippen molar-refractivity contribution < 1.29 is 13.6 Å². The van der Waals surface area contributed by atoms with E-state index in [1.807, 2.05) is 0 Å². The van der Waals surface area contributed by atoms with E-state index in [0.29, 0.717) is 5.69 Å². The van der Waals surface area contributed by atoms with Crippen LogP contribution >= 0.6 is 0 Å². The maximum Gasteiger partial charge on any atom is 0.255 e. The lowest BCUT2D eigenvalue weighted by Gasteiger charge is -2.30. The van der Waals surface area contributed by atoms with Crippen molar-refractivity contribution in [2.75, 3.05) is 23.3 Å². The zero-order valence-electron chi connectivity index (χ0n) is 12.7. The van der Waals surface area contributed by atoms with Gasteiger partial charge in [0.25, 0.3) is 5.91 Å². The van der Waals surface area contributed by atoms with Crippen molar-refractivity contribution in [3.05, 3.63) is 59.7 Å². The van der Waals surface area contributed by atoms with Crippen LogP contribution in [-0.2, 0) is 0 Å². The number of carbonyl (C=O) groups is 1. The molecule has 1 aliphatic rings. The van der Waals surface area contributed by atoms with Gasteiger partial charge in [-0.15, -0.1) is 0 Å². The Hall–Kier alpha value is -2.43. The molecule has 0 atom stereocenters. The highest BCUT2D eigenvalue weighted by Crippen LogP contribution is 2.29. The molecular formula is C18H18F2N2O. The smallest absolute Gasteiger partial charge is 0.255 e. The molecule has 2 aromatic carbocycles. The van der Waals surface area contributed by atoms with Crippen LogP contribution in [0.2, 0.25) is 0 Å². The SMILES string of the molecule is O=C(Nc1cc(F)ccc1N1CCCCC1)c1cccc(F)c1. The molecular weight excluding hydrogens is 298 g/mol. The summed E-state index contributed by atoms with van der Waals surface area (Å²) in [5.41, 5.74) is 1.43. The summed E-state index contributed by atoms with van der Waals surface area (Å²) in [6.07, 6.45) is 3.34. The normalized spacial score (nSPS) is 14.6. The number of rotatable bonds is 3. The van der Waals surface area contributed by atoms with E-state index in [1.165, 1.54) is 36.8 Å². The number of amides is 1. The van der Waals surface area contributed by atoms with E-state index in [9.17, 15) is 13.6 Å². The van der Waals surface area contributed by atoms with Gasteiger partial charge in [-0.2, -0.15) is 0 Å². The monoisotopic (exact) mass is 316 g/mol. The molecule has 0 unspecified atom stereocenters. The molecule has 0 aromatic heterocycles. The first kappa shape index (κ1) is 15.5. The predicted octanol–water partition coefficient (Wildman–Crippen LogP) is 4.21. The molecule has 0 spiro atoms. The van der Waals surface area contributed by atoms with Gasteiger partial charge in [0.2, 0.25) is 0 Å². The van der Waals surface area contributed by atoms with Crippen molar-refractivity contribution >= 4 is 17.3 Å². The topological polar surface area (TPSA) is 32.3 Å². The molecule has 0 saturated carbocycles. The Balaban J connectivity index is 1.86. The van der Waals surface area contributed by atoms with Crippen molar-refractivity contribution in [3.8, 4) is 0 Å². The predicted molar refractivity (Wildman–Crippen MR) is 86.8 cm³/mol. The number of nitrogens with zero attached hydrogens (tertiary/aromatic N) is 1. The molecule has 3 rings (SSSR count). The molecule has 0 aliphatic carbocycles. The van der Waals surface area contributed by atoms with Crippen LogP contribution < -0.4 is 10.2 Å². The maximum atomic E-state index is 13.6. The molecule has 1 saturated heterocycles. The first-order valence-electron chi connectivity index (χ1n) is 7.75. The summed E-state index contributed by atoms with van der Waals surface area (Å²) >= 11 is 0. The molecule has 0 radical (unpaired) electrons. The summed E-state index contributed by atoms with van der Waals surface area (Å²) in [6.45, 7) is 1.77. The van der Waals surface area contributed by atoms with Crippen molar-refractivity contribution in [2.24, 2.45) is 0 Å². The molecule has 0 bridgehead atoms. The largest absolute Gasteiger partial charge is 0.370 e. The summed E-state index contributed by atoms with van der Waals surface area (Å²) in [7, 11) is 0. The van der Waals surface area contributed by atoms with Gasteiger partial charge in [0.15, 0.2) is 0 Å². The summed E-state index contributed by atoms with van der Waals surface area (Å²) in [4.78, 5) is 14.4. The minimum absolute atomic E-state index is 0.207. The third kappa shape index (κ3) is 3.67. The number of nitrogens with one attached hydrogen (secondary N) is 1. The van der Waals surface area contributed by atoms with Gasteiger partial charge in [-0.1, -0.05) is 6.07 Å². The molecule has 1 heterocycles. The fourth-order valence-corrected chi connectivity index (χ4v) is 2.84. The van der Waals surface area contributed by atoms with Gasteiger partial charge < -0.3 is 10.2 Å². The van der Waals surface area contributed by atoms with Crippen LogP contribution in [0.5, 0.6) is 0 Å². The fourth-order valence-electron chi connectivity index (χ4n) is 2.84. The molecule has 5 heteroatoms. The van der Waals surface area contributed by atoms with Gasteiger partial charge in [-0.25, -0.2) is 8.78 Å². The van der Waals surface area contributed by atoms with Crippen molar-refractivity contribution in [1.29, 1.82) is 0 Å². The van der Waals surface area contributed by atoms with Crippen LogP contribution in [0.1, 0.15) is 29.6 Å². The van der Waals surface area contributed by atoms with Gasteiger partial charge in [0.1, 0.15) is 11.6 Å². The Morgan fingerprint density at radius 2 is 1.70 bits per heavy atom. The summed E-state index contributed by atoms with van der Waals surface area (Å²) in [5.74, 6) is -1.35. The minimum atomic E-state index is -0.479. The highest BCUT2D eigenvalue weighted by Gasteiger charge is 2.17.